The number of hydrogen-bond acceptors (Lipinski definition) is 8. The van der Waals surface area contributed by atoms with E-state index < -0.39 is 53.9 Å². The molecule has 8 nitrogen and oxygen atoms in total. The first kappa shape index (κ1) is 24.4. The zero-order valence-corrected chi connectivity index (χ0v) is 17.7. The van der Waals surface area contributed by atoms with Crippen LogP contribution in [-0.2, 0) is 9.47 Å². The molecule has 0 aromatic rings. The van der Waals surface area contributed by atoms with Gasteiger partial charge in [0.1, 0.15) is 35.6 Å². The maximum atomic E-state index is 11.8. The molecule has 0 spiro atoms. The zero-order chi connectivity index (χ0) is 22.0. The number of hydrogen-bond donors (Lipinski definition) is 6. The summed E-state index contributed by atoms with van der Waals surface area (Å²) in [6.07, 6.45) is -0.0299. The van der Waals surface area contributed by atoms with Crippen molar-refractivity contribution in [2.24, 2.45) is 5.41 Å². The van der Waals surface area contributed by atoms with Crippen LogP contribution in [0.3, 0.4) is 0 Å². The fourth-order valence-corrected chi connectivity index (χ4v) is 4.40. The second kappa shape index (κ2) is 9.11. The molecule has 168 valence electrons. The van der Waals surface area contributed by atoms with E-state index in [1.54, 1.807) is 25.2 Å². The van der Waals surface area contributed by atoms with Crippen LogP contribution in [0.25, 0.3) is 0 Å². The van der Waals surface area contributed by atoms with Gasteiger partial charge in [0.15, 0.2) is 6.29 Å². The van der Waals surface area contributed by atoms with Crippen molar-refractivity contribution in [2.75, 3.05) is 13.2 Å². The van der Waals surface area contributed by atoms with Crippen molar-refractivity contribution in [3.8, 4) is 0 Å². The average molecular weight is 417 g/mol. The van der Waals surface area contributed by atoms with E-state index in [1.807, 2.05) is 20.8 Å². The predicted octanol–water partition coefficient (Wildman–Crippen LogP) is -0.00240. The molecule has 2 aliphatic rings. The normalized spacial score (nSPS) is 43.7. The highest BCUT2D eigenvalue weighted by atomic mass is 16.7. The molecule has 7 atom stereocenters. The summed E-state index contributed by atoms with van der Waals surface area (Å²) in [5.41, 5.74) is -2.44. The molecular weight excluding hydrogens is 380 g/mol. The van der Waals surface area contributed by atoms with Crippen LogP contribution in [0.5, 0.6) is 0 Å². The predicted molar refractivity (Wildman–Crippen MR) is 106 cm³/mol. The molecule has 1 saturated carbocycles. The van der Waals surface area contributed by atoms with Crippen molar-refractivity contribution in [1.82, 2.24) is 0 Å². The topological polar surface area (TPSA) is 140 Å². The van der Waals surface area contributed by atoms with Gasteiger partial charge in [-0.25, -0.2) is 0 Å². The number of ether oxygens (including phenoxy) is 2. The Bertz CT molecular complexity index is 616. The van der Waals surface area contributed by atoms with Crippen LogP contribution >= 0.6 is 0 Å². The van der Waals surface area contributed by atoms with Gasteiger partial charge in [0.05, 0.1) is 13.2 Å². The smallest absolute Gasteiger partial charge is 0.187 e. The molecular formula is C21H36O8. The third kappa shape index (κ3) is 4.60. The minimum atomic E-state index is -1.55. The van der Waals surface area contributed by atoms with Crippen molar-refractivity contribution in [2.45, 2.75) is 88.9 Å². The van der Waals surface area contributed by atoms with Crippen LogP contribution in [-0.4, -0.2) is 85.8 Å². The highest BCUT2D eigenvalue weighted by Crippen LogP contribution is 2.52. The summed E-state index contributed by atoms with van der Waals surface area (Å²) in [6, 6.07) is 0. The Morgan fingerprint density at radius 3 is 2.31 bits per heavy atom. The van der Waals surface area contributed by atoms with E-state index in [0.29, 0.717) is 6.42 Å². The van der Waals surface area contributed by atoms with Gasteiger partial charge in [-0.2, -0.15) is 0 Å². The van der Waals surface area contributed by atoms with Crippen LogP contribution in [0.4, 0.5) is 0 Å². The highest BCUT2D eigenvalue weighted by Gasteiger charge is 2.60. The number of rotatable bonds is 6. The lowest BCUT2D eigenvalue weighted by Gasteiger charge is -2.57. The van der Waals surface area contributed by atoms with E-state index in [0.717, 1.165) is 18.4 Å². The number of aliphatic hydroxyl groups excluding tert-OH is 5. The molecule has 1 aliphatic carbocycles. The van der Waals surface area contributed by atoms with Crippen molar-refractivity contribution in [1.29, 1.82) is 0 Å². The number of allylic oxidation sites excluding steroid dienone is 2. The summed E-state index contributed by atoms with van der Waals surface area (Å²) in [4.78, 5) is 0. The third-order valence-corrected chi connectivity index (χ3v) is 6.52. The molecule has 0 radical (unpaired) electrons. The SMILES string of the molecule is CC(C=C[C@@]1(O)C(C)(C)CCC[C@@]1(C)O[C@@H]1O[C@H](CO)[C@@H](O)[C@H](O)[C@H]1O)=CCO. The van der Waals surface area contributed by atoms with Crippen molar-refractivity contribution in [3.05, 3.63) is 23.8 Å². The monoisotopic (exact) mass is 416 g/mol. The first-order valence-electron chi connectivity index (χ1n) is 10.1. The fourth-order valence-electron chi connectivity index (χ4n) is 4.40. The first-order chi connectivity index (χ1) is 13.4. The van der Waals surface area contributed by atoms with Crippen LogP contribution < -0.4 is 0 Å². The summed E-state index contributed by atoms with van der Waals surface area (Å²) >= 11 is 0. The largest absolute Gasteiger partial charge is 0.394 e. The molecule has 2 fully saturated rings. The molecule has 6 N–H and O–H groups in total. The summed E-state index contributed by atoms with van der Waals surface area (Å²) in [5.74, 6) is 0. The standard InChI is InChI=1S/C21H36O8/c1-13(7-11-22)6-10-21(27)19(2,3)8-5-9-20(21,4)29-18-17(26)16(25)15(24)14(12-23)28-18/h6-7,10,14-18,22-27H,5,8-9,11-12H2,1-4H3/t14-,15-,16+,17-,18+,20-,21-/m1/s1. The molecule has 0 bridgehead atoms. The molecule has 0 unspecified atom stereocenters. The lowest BCUT2D eigenvalue weighted by molar-refractivity contribution is -0.352. The summed E-state index contributed by atoms with van der Waals surface area (Å²) in [6.45, 7) is 6.72. The van der Waals surface area contributed by atoms with Crippen molar-refractivity contribution < 1.29 is 40.1 Å². The quantitative estimate of drug-likeness (QED) is 0.333. The van der Waals surface area contributed by atoms with Crippen LogP contribution in [0, 0.1) is 5.41 Å². The fraction of sp³-hybridized carbons (Fsp3) is 0.810. The average Bonchev–Trinajstić information content (AvgIpc) is 2.65. The van der Waals surface area contributed by atoms with E-state index in [-0.39, 0.29) is 6.61 Å². The van der Waals surface area contributed by atoms with Gasteiger partial charge >= 0.3 is 0 Å². The molecule has 1 aliphatic heterocycles. The second-order valence-corrected chi connectivity index (χ2v) is 9.01. The van der Waals surface area contributed by atoms with E-state index in [4.69, 9.17) is 14.6 Å². The van der Waals surface area contributed by atoms with E-state index in [1.165, 1.54) is 0 Å². The van der Waals surface area contributed by atoms with Crippen LogP contribution in [0.15, 0.2) is 23.8 Å². The Kier molecular flexibility index (Phi) is 7.68. The number of aliphatic hydroxyl groups is 6. The maximum Gasteiger partial charge on any atom is 0.187 e. The van der Waals surface area contributed by atoms with Gasteiger partial charge in [-0.15, -0.1) is 0 Å². The molecule has 1 heterocycles. The van der Waals surface area contributed by atoms with E-state index >= 15 is 0 Å². The molecule has 0 aromatic carbocycles. The van der Waals surface area contributed by atoms with Gasteiger partial charge in [-0.3, -0.25) is 0 Å². The third-order valence-electron chi connectivity index (χ3n) is 6.52. The minimum absolute atomic E-state index is 0.114. The summed E-state index contributed by atoms with van der Waals surface area (Å²) < 4.78 is 11.6. The molecule has 1 saturated heterocycles. The van der Waals surface area contributed by atoms with Crippen LogP contribution in [0.2, 0.25) is 0 Å². The Morgan fingerprint density at radius 2 is 1.72 bits per heavy atom. The molecule has 0 aromatic heterocycles. The molecule has 29 heavy (non-hydrogen) atoms. The van der Waals surface area contributed by atoms with Gasteiger partial charge in [0.2, 0.25) is 0 Å². The Hall–Kier alpha value is -0.840. The first-order valence-corrected chi connectivity index (χ1v) is 10.1. The minimum Gasteiger partial charge on any atom is -0.394 e. The lowest BCUT2D eigenvalue weighted by atomic mass is 9.58. The summed E-state index contributed by atoms with van der Waals surface area (Å²) in [7, 11) is 0. The van der Waals surface area contributed by atoms with E-state index in [9.17, 15) is 25.5 Å². The van der Waals surface area contributed by atoms with Crippen LogP contribution in [0.1, 0.15) is 47.0 Å². The highest BCUT2D eigenvalue weighted by molar-refractivity contribution is 5.26. The van der Waals surface area contributed by atoms with Crippen molar-refractivity contribution in [3.63, 3.8) is 0 Å². The molecule has 0 amide bonds. The van der Waals surface area contributed by atoms with Gasteiger partial charge in [0.25, 0.3) is 0 Å². The van der Waals surface area contributed by atoms with E-state index in [2.05, 4.69) is 0 Å². The Balaban J connectivity index is 2.37. The van der Waals surface area contributed by atoms with Crippen molar-refractivity contribution >= 4 is 0 Å². The Labute approximate surface area is 172 Å². The molecule has 2 rings (SSSR count). The molecule has 8 heteroatoms. The zero-order valence-electron chi connectivity index (χ0n) is 17.7. The summed E-state index contributed by atoms with van der Waals surface area (Å²) in [5, 5.41) is 60.7. The van der Waals surface area contributed by atoms with Gasteiger partial charge < -0.3 is 40.1 Å². The maximum absolute atomic E-state index is 11.8. The Morgan fingerprint density at radius 1 is 1.07 bits per heavy atom. The van der Waals surface area contributed by atoms with Gasteiger partial charge in [-0.1, -0.05) is 31.6 Å². The lowest BCUT2D eigenvalue weighted by Crippen LogP contribution is -2.67. The second-order valence-electron chi connectivity index (χ2n) is 9.01. The van der Waals surface area contributed by atoms with Gasteiger partial charge in [0, 0.05) is 0 Å². The van der Waals surface area contributed by atoms with Gasteiger partial charge in [-0.05, 0) is 44.6 Å².